The zero-order chi connectivity index (χ0) is 27.9. The quantitative estimate of drug-likeness (QED) is 0.354. The summed E-state index contributed by atoms with van der Waals surface area (Å²) >= 11 is 0. The minimum absolute atomic E-state index is 0.0538. The summed E-state index contributed by atoms with van der Waals surface area (Å²) in [7, 11) is 3.65. The minimum Gasteiger partial charge on any atom is -0.507 e. The molecule has 0 bridgehead atoms. The number of phenolic OH excluding ortho intramolecular Hbond substituents is 1. The first-order chi connectivity index (χ1) is 18.0. The number of amides is 1. The molecule has 2 aliphatic carbocycles. The predicted octanol–water partition coefficient (Wildman–Crippen LogP) is 2.33. The number of phenols is 1. The maximum absolute atomic E-state index is 13.9. The number of Topliss-reactive ketones (excluding diaryl/α,β-unsaturated/α-hetero) is 4. The first-order valence-electron chi connectivity index (χ1n) is 12.6. The highest BCUT2D eigenvalue weighted by Crippen LogP contribution is 2.50. The third-order valence-electron chi connectivity index (χ3n) is 7.82. The van der Waals surface area contributed by atoms with Crippen LogP contribution in [0, 0.1) is 23.7 Å². The number of aromatic hydroxyl groups is 1. The van der Waals surface area contributed by atoms with Crippen LogP contribution in [-0.2, 0) is 20.8 Å². The molecular formula is C29H32N2O7. The van der Waals surface area contributed by atoms with Gasteiger partial charge in [0.2, 0.25) is 5.91 Å². The highest BCUT2D eigenvalue weighted by atomic mass is 16.3. The van der Waals surface area contributed by atoms with Crippen molar-refractivity contribution in [2.24, 2.45) is 29.4 Å². The fraction of sp³-hybridized carbons (Fsp3) is 0.414. The molecule has 4 rings (SSSR count). The SMILES string of the molecule is CC(=O)c1ccc(-c2cc(N(C)C)c3c(c2O)C(=O)C2C(=O)C(C(=O)CC(N)=O)C(CCO)CC2C3)cc1. The van der Waals surface area contributed by atoms with E-state index in [1.807, 2.05) is 19.0 Å². The summed E-state index contributed by atoms with van der Waals surface area (Å²) < 4.78 is 0. The van der Waals surface area contributed by atoms with Crippen LogP contribution in [0.2, 0.25) is 0 Å². The number of fused-ring (bicyclic) bond motifs is 2. The number of hydrogen-bond acceptors (Lipinski definition) is 8. The van der Waals surface area contributed by atoms with Gasteiger partial charge in [-0.15, -0.1) is 0 Å². The van der Waals surface area contributed by atoms with Crippen LogP contribution in [0.1, 0.15) is 52.5 Å². The number of aliphatic hydroxyl groups is 1. The van der Waals surface area contributed by atoms with Crippen LogP contribution in [0.5, 0.6) is 5.75 Å². The monoisotopic (exact) mass is 520 g/mol. The van der Waals surface area contributed by atoms with E-state index in [-0.39, 0.29) is 30.1 Å². The lowest BCUT2D eigenvalue weighted by atomic mass is 9.59. The largest absolute Gasteiger partial charge is 0.507 e. The van der Waals surface area contributed by atoms with Crippen molar-refractivity contribution in [1.29, 1.82) is 0 Å². The number of carbonyl (C=O) groups excluding carboxylic acids is 5. The molecule has 4 atom stereocenters. The Kier molecular flexibility index (Phi) is 7.51. The molecule has 0 aliphatic heterocycles. The van der Waals surface area contributed by atoms with E-state index in [9.17, 15) is 34.2 Å². The molecule has 0 aromatic heterocycles. The van der Waals surface area contributed by atoms with E-state index in [2.05, 4.69) is 0 Å². The maximum Gasteiger partial charge on any atom is 0.224 e. The van der Waals surface area contributed by atoms with Crippen molar-refractivity contribution < 1.29 is 34.2 Å². The fourth-order valence-electron chi connectivity index (χ4n) is 6.11. The number of benzene rings is 2. The van der Waals surface area contributed by atoms with Crippen molar-refractivity contribution >= 4 is 34.7 Å². The van der Waals surface area contributed by atoms with Crippen molar-refractivity contribution in [2.75, 3.05) is 25.6 Å². The normalized spacial score (nSPS) is 22.4. The van der Waals surface area contributed by atoms with E-state index < -0.39 is 53.3 Å². The van der Waals surface area contributed by atoms with Crippen molar-refractivity contribution in [3.05, 3.63) is 47.0 Å². The summed E-state index contributed by atoms with van der Waals surface area (Å²) in [6, 6.07) is 8.46. The average Bonchev–Trinajstić information content (AvgIpc) is 2.83. The third kappa shape index (κ3) is 4.74. The number of rotatable bonds is 8. The Bertz CT molecular complexity index is 1330. The minimum atomic E-state index is -1.21. The lowest BCUT2D eigenvalue weighted by Crippen LogP contribution is -2.50. The van der Waals surface area contributed by atoms with Crippen LogP contribution >= 0.6 is 0 Å². The van der Waals surface area contributed by atoms with Gasteiger partial charge in [0.25, 0.3) is 0 Å². The Morgan fingerprint density at radius 2 is 1.76 bits per heavy atom. The summed E-state index contributed by atoms with van der Waals surface area (Å²) in [4.78, 5) is 65.5. The Morgan fingerprint density at radius 3 is 2.32 bits per heavy atom. The molecule has 2 aromatic rings. The molecule has 200 valence electrons. The highest BCUT2D eigenvalue weighted by molar-refractivity contribution is 6.21. The first-order valence-corrected chi connectivity index (χ1v) is 12.6. The van der Waals surface area contributed by atoms with Crippen LogP contribution in [0.25, 0.3) is 11.1 Å². The van der Waals surface area contributed by atoms with Gasteiger partial charge in [-0.1, -0.05) is 24.3 Å². The Labute approximate surface area is 220 Å². The zero-order valence-corrected chi connectivity index (χ0v) is 21.7. The molecule has 0 radical (unpaired) electrons. The van der Waals surface area contributed by atoms with E-state index in [4.69, 9.17) is 5.73 Å². The molecule has 9 heteroatoms. The second kappa shape index (κ2) is 10.5. The van der Waals surface area contributed by atoms with Gasteiger partial charge < -0.3 is 20.8 Å². The summed E-state index contributed by atoms with van der Waals surface area (Å²) in [5.41, 5.74) is 8.09. The van der Waals surface area contributed by atoms with E-state index in [0.717, 1.165) is 0 Å². The zero-order valence-electron chi connectivity index (χ0n) is 21.7. The van der Waals surface area contributed by atoms with E-state index in [1.165, 1.54) is 6.92 Å². The molecule has 0 heterocycles. The third-order valence-corrected chi connectivity index (χ3v) is 7.82. The number of primary amides is 1. The number of hydrogen-bond donors (Lipinski definition) is 3. The number of aliphatic hydroxyl groups excluding tert-OH is 1. The second-order valence-corrected chi connectivity index (χ2v) is 10.5. The molecular weight excluding hydrogens is 488 g/mol. The number of anilines is 1. The smallest absolute Gasteiger partial charge is 0.224 e. The van der Waals surface area contributed by atoms with Gasteiger partial charge in [0.05, 0.1) is 23.8 Å². The van der Waals surface area contributed by atoms with Crippen LogP contribution < -0.4 is 10.6 Å². The van der Waals surface area contributed by atoms with E-state index in [1.54, 1.807) is 30.3 Å². The maximum atomic E-state index is 13.9. The van der Waals surface area contributed by atoms with Crippen molar-refractivity contribution in [3.8, 4) is 16.9 Å². The molecule has 4 N–H and O–H groups in total. The van der Waals surface area contributed by atoms with Crippen molar-refractivity contribution in [3.63, 3.8) is 0 Å². The van der Waals surface area contributed by atoms with Gasteiger partial charge in [-0.25, -0.2) is 0 Å². The molecule has 4 unspecified atom stereocenters. The van der Waals surface area contributed by atoms with Crippen LogP contribution in [-0.4, -0.2) is 60.0 Å². The van der Waals surface area contributed by atoms with Gasteiger partial charge in [0.15, 0.2) is 23.1 Å². The molecule has 9 nitrogen and oxygen atoms in total. The molecule has 1 saturated carbocycles. The topological polar surface area (TPSA) is 155 Å². The summed E-state index contributed by atoms with van der Waals surface area (Å²) in [5, 5.41) is 21.0. The van der Waals surface area contributed by atoms with Crippen molar-refractivity contribution in [1.82, 2.24) is 0 Å². The summed E-state index contributed by atoms with van der Waals surface area (Å²) in [6.45, 7) is 1.22. The molecule has 1 amide bonds. The van der Waals surface area contributed by atoms with E-state index >= 15 is 0 Å². The molecule has 2 aromatic carbocycles. The standard InChI is InChI=1S/C29H32N2O7/c1-14(33)15-4-6-16(7-5-15)19-12-21(31(2)3)20-11-18-10-17(8-9-32)24(22(34)13-23(30)35)28(37)25(18)29(38)26(20)27(19)36/h4-7,12,17-18,24-25,32,36H,8-11,13H2,1-3H3,(H2,30,35). The molecule has 0 saturated heterocycles. The summed E-state index contributed by atoms with van der Waals surface area (Å²) in [6.07, 6.45) is 0.253. The van der Waals surface area contributed by atoms with Gasteiger partial charge in [0.1, 0.15) is 5.75 Å². The highest BCUT2D eigenvalue weighted by Gasteiger charge is 2.52. The first kappa shape index (κ1) is 27.2. The fourth-order valence-corrected chi connectivity index (χ4v) is 6.11. The van der Waals surface area contributed by atoms with Gasteiger partial charge in [-0.05, 0) is 55.2 Å². The number of ketones is 4. The Hall–Kier alpha value is -3.85. The van der Waals surface area contributed by atoms with E-state index in [0.29, 0.717) is 40.8 Å². The Balaban J connectivity index is 1.83. The van der Waals surface area contributed by atoms with Crippen LogP contribution in [0.4, 0.5) is 5.69 Å². The number of nitrogens with zero attached hydrogens (tertiary/aromatic N) is 1. The number of carbonyl (C=O) groups is 5. The van der Waals surface area contributed by atoms with Crippen LogP contribution in [0.3, 0.4) is 0 Å². The number of nitrogens with two attached hydrogens (primary N) is 1. The Morgan fingerprint density at radius 1 is 1.11 bits per heavy atom. The molecule has 0 spiro atoms. The average molecular weight is 521 g/mol. The molecule has 1 fully saturated rings. The van der Waals surface area contributed by atoms with Gasteiger partial charge >= 0.3 is 0 Å². The van der Waals surface area contributed by atoms with Gasteiger partial charge in [0, 0.05) is 37.5 Å². The van der Waals surface area contributed by atoms with Crippen LogP contribution in [0.15, 0.2) is 30.3 Å². The van der Waals surface area contributed by atoms with Gasteiger partial charge in [-0.3, -0.25) is 24.0 Å². The molecule has 38 heavy (non-hydrogen) atoms. The van der Waals surface area contributed by atoms with Gasteiger partial charge in [-0.2, -0.15) is 0 Å². The summed E-state index contributed by atoms with van der Waals surface area (Å²) in [5.74, 6) is -6.26. The predicted molar refractivity (Wildman–Crippen MR) is 140 cm³/mol. The lowest BCUT2D eigenvalue weighted by molar-refractivity contribution is -0.142. The second-order valence-electron chi connectivity index (χ2n) is 10.5. The molecule has 2 aliphatic rings. The lowest BCUT2D eigenvalue weighted by Gasteiger charge is -2.42. The van der Waals surface area contributed by atoms with Crippen molar-refractivity contribution in [2.45, 2.75) is 32.6 Å².